The molecule has 0 aliphatic carbocycles. The summed E-state index contributed by atoms with van der Waals surface area (Å²) in [7, 11) is -3.55. The Morgan fingerprint density at radius 2 is 1.58 bits per heavy atom. The Balaban J connectivity index is 0.000000220. The standard InChI is InChI=1S/C7H5NO3S.C5H5N.BrH/c9-7-5-3-1-2-4-6(5)12(10,11)8-7;1-2-4-6-5-3-1;/h1-4H,(H,8,9);1-5H;1H. The minimum atomic E-state index is -3.55. The van der Waals surface area contributed by atoms with E-state index in [0.717, 1.165) is 0 Å². The van der Waals surface area contributed by atoms with Crippen molar-refractivity contribution in [3.05, 3.63) is 60.4 Å². The minimum Gasteiger partial charge on any atom is -0.268 e. The molecule has 1 N–H and O–H groups in total. The topological polar surface area (TPSA) is 76.1 Å². The Morgan fingerprint density at radius 1 is 0.947 bits per heavy atom. The number of pyridine rings is 1. The summed E-state index contributed by atoms with van der Waals surface area (Å²) in [4.78, 5) is 14.8. The zero-order chi connectivity index (χ0) is 13.0. The van der Waals surface area contributed by atoms with E-state index in [0.29, 0.717) is 0 Å². The van der Waals surface area contributed by atoms with Crippen molar-refractivity contribution >= 4 is 32.9 Å². The molecule has 3 rings (SSSR count). The van der Waals surface area contributed by atoms with Gasteiger partial charge in [-0.1, -0.05) is 18.2 Å². The van der Waals surface area contributed by atoms with E-state index < -0.39 is 15.9 Å². The second-order valence-electron chi connectivity index (χ2n) is 3.46. The van der Waals surface area contributed by atoms with Gasteiger partial charge in [0.05, 0.1) is 5.56 Å². The fourth-order valence-electron chi connectivity index (χ4n) is 1.43. The van der Waals surface area contributed by atoms with E-state index in [1.54, 1.807) is 24.5 Å². The van der Waals surface area contributed by atoms with Crippen LogP contribution in [-0.2, 0) is 10.0 Å². The first-order valence-corrected chi connectivity index (χ1v) is 6.61. The molecule has 0 spiro atoms. The van der Waals surface area contributed by atoms with Gasteiger partial charge in [0, 0.05) is 12.4 Å². The SMILES string of the molecule is Br.O=C1NS(=O)(=O)c2ccccc21.c1ccncc1. The van der Waals surface area contributed by atoms with Gasteiger partial charge in [-0.15, -0.1) is 17.0 Å². The number of nitrogens with one attached hydrogen (secondary N) is 1. The lowest BCUT2D eigenvalue weighted by Crippen LogP contribution is -2.20. The number of carbonyl (C=O) groups excluding carboxylic acids is 1. The molecule has 1 aromatic heterocycles. The van der Waals surface area contributed by atoms with Crippen LogP contribution in [0.1, 0.15) is 10.4 Å². The molecule has 0 saturated carbocycles. The number of benzene rings is 1. The van der Waals surface area contributed by atoms with Crippen molar-refractivity contribution in [3.63, 3.8) is 0 Å². The number of sulfonamides is 1. The van der Waals surface area contributed by atoms with E-state index in [2.05, 4.69) is 4.98 Å². The highest BCUT2D eigenvalue weighted by atomic mass is 79.9. The number of fused-ring (bicyclic) bond motifs is 1. The maximum absolute atomic E-state index is 11.1. The fourth-order valence-corrected chi connectivity index (χ4v) is 2.61. The van der Waals surface area contributed by atoms with Gasteiger partial charge >= 0.3 is 0 Å². The van der Waals surface area contributed by atoms with Gasteiger partial charge in [0.15, 0.2) is 0 Å². The van der Waals surface area contributed by atoms with Crippen LogP contribution >= 0.6 is 17.0 Å². The van der Waals surface area contributed by atoms with Crippen molar-refractivity contribution in [3.8, 4) is 0 Å². The van der Waals surface area contributed by atoms with Gasteiger partial charge in [-0.2, -0.15) is 0 Å². The maximum atomic E-state index is 11.1. The fraction of sp³-hybridized carbons (Fsp3) is 0. The third-order valence-corrected chi connectivity index (χ3v) is 3.60. The normalized spacial score (nSPS) is 14.2. The van der Waals surface area contributed by atoms with E-state index >= 15 is 0 Å². The Bertz CT molecular complexity index is 633. The van der Waals surface area contributed by atoms with Crippen LogP contribution in [-0.4, -0.2) is 19.3 Å². The number of halogens is 1. The summed E-state index contributed by atoms with van der Waals surface area (Å²) in [5.41, 5.74) is 0.220. The molecule has 0 bridgehead atoms. The number of hydrogen-bond acceptors (Lipinski definition) is 4. The summed E-state index contributed by atoms with van der Waals surface area (Å²) < 4.78 is 24.2. The van der Waals surface area contributed by atoms with Crippen molar-refractivity contribution in [2.75, 3.05) is 0 Å². The molecule has 19 heavy (non-hydrogen) atoms. The lowest BCUT2D eigenvalue weighted by molar-refractivity contribution is 0.0985. The van der Waals surface area contributed by atoms with Crippen molar-refractivity contribution in [2.24, 2.45) is 0 Å². The number of rotatable bonds is 0. The molecule has 5 nitrogen and oxygen atoms in total. The van der Waals surface area contributed by atoms with E-state index in [-0.39, 0.29) is 27.4 Å². The molecule has 0 radical (unpaired) electrons. The Morgan fingerprint density at radius 3 is 2.05 bits per heavy atom. The molecule has 0 fully saturated rings. The van der Waals surface area contributed by atoms with Crippen molar-refractivity contribution in [1.29, 1.82) is 0 Å². The van der Waals surface area contributed by atoms with Crippen molar-refractivity contribution in [1.82, 2.24) is 9.71 Å². The number of hydrogen-bond donors (Lipinski definition) is 1. The van der Waals surface area contributed by atoms with Gasteiger partial charge in [0.2, 0.25) is 0 Å². The van der Waals surface area contributed by atoms with E-state index in [1.165, 1.54) is 12.1 Å². The average Bonchev–Trinajstić information content (AvgIpc) is 2.64. The molecule has 1 aliphatic heterocycles. The van der Waals surface area contributed by atoms with Crippen LogP contribution in [0.3, 0.4) is 0 Å². The maximum Gasteiger partial charge on any atom is 0.266 e. The molecule has 2 heterocycles. The summed E-state index contributed by atoms with van der Waals surface area (Å²) in [6.45, 7) is 0. The van der Waals surface area contributed by atoms with Gasteiger partial charge in [-0.3, -0.25) is 9.78 Å². The molecule has 100 valence electrons. The Hall–Kier alpha value is -1.73. The van der Waals surface area contributed by atoms with E-state index in [1.807, 2.05) is 22.9 Å². The molecule has 7 heteroatoms. The van der Waals surface area contributed by atoms with Crippen LogP contribution in [0.2, 0.25) is 0 Å². The van der Waals surface area contributed by atoms with Gasteiger partial charge in [0.25, 0.3) is 15.9 Å². The van der Waals surface area contributed by atoms with Gasteiger partial charge in [-0.05, 0) is 24.3 Å². The van der Waals surface area contributed by atoms with E-state index in [9.17, 15) is 13.2 Å². The first kappa shape index (κ1) is 15.3. The first-order chi connectivity index (χ1) is 8.61. The molecule has 1 aliphatic rings. The van der Waals surface area contributed by atoms with Gasteiger partial charge < -0.3 is 0 Å². The highest BCUT2D eigenvalue weighted by Crippen LogP contribution is 2.20. The highest BCUT2D eigenvalue weighted by Gasteiger charge is 2.31. The Labute approximate surface area is 121 Å². The third kappa shape index (κ3) is 3.62. The lowest BCUT2D eigenvalue weighted by Gasteiger charge is -1.91. The average molecular weight is 343 g/mol. The van der Waals surface area contributed by atoms with E-state index in [4.69, 9.17) is 0 Å². The smallest absolute Gasteiger partial charge is 0.266 e. The van der Waals surface area contributed by atoms with Crippen LogP contribution in [0.15, 0.2) is 59.8 Å². The molecule has 0 unspecified atom stereocenters. The molecule has 2 aromatic rings. The molecule has 1 amide bonds. The molecular weight excluding hydrogens is 332 g/mol. The number of aromatic nitrogens is 1. The summed E-state index contributed by atoms with van der Waals surface area (Å²) in [6.07, 6.45) is 3.50. The minimum absolute atomic E-state index is 0. The number of nitrogens with zero attached hydrogens (tertiary/aromatic N) is 1. The number of amides is 1. The molecule has 1 aromatic carbocycles. The molecular formula is C12H11BrN2O3S. The lowest BCUT2D eigenvalue weighted by atomic mass is 10.2. The third-order valence-electron chi connectivity index (χ3n) is 2.21. The van der Waals surface area contributed by atoms with Gasteiger partial charge in [-0.25, -0.2) is 13.1 Å². The summed E-state index contributed by atoms with van der Waals surface area (Å²) in [5, 5.41) is 0. The van der Waals surface area contributed by atoms with Crippen LogP contribution in [0.4, 0.5) is 0 Å². The zero-order valence-corrected chi connectivity index (χ0v) is 12.2. The van der Waals surface area contributed by atoms with Crippen molar-refractivity contribution < 1.29 is 13.2 Å². The van der Waals surface area contributed by atoms with Gasteiger partial charge in [0.1, 0.15) is 4.90 Å². The Kier molecular flexibility index (Phi) is 5.20. The second kappa shape index (κ2) is 6.44. The second-order valence-corrected chi connectivity index (χ2v) is 5.11. The molecule has 0 atom stereocenters. The summed E-state index contributed by atoms with van der Waals surface area (Å²) >= 11 is 0. The van der Waals surface area contributed by atoms with Crippen molar-refractivity contribution in [2.45, 2.75) is 4.90 Å². The largest absolute Gasteiger partial charge is 0.268 e. The predicted molar refractivity (Wildman–Crippen MR) is 75.7 cm³/mol. The molecule has 0 saturated heterocycles. The van der Waals surface area contributed by atoms with Crippen LogP contribution < -0.4 is 4.72 Å². The van der Waals surface area contributed by atoms with Crippen LogP contribution in [0, 0.1) is 0 Å². The monoisotopic (exact) mass is 342 g/mol. The zero-order valence-electron chi connectivity index (χ0n) is 9.68. The van der Waals surface area contributed by atoms with Crippen LogP contribution in [0.25, 0.3) is 0 Å². The first-order valence-electron chi connectivity index (χ1n) is 5.12. The summed E-state index contributed by atoms with van der Waals surface area (Å²) in [6, 6.07) is 11.8. The summed E-state index contributed by atoms with van der Waals surface area (Å²) in [5.74, 6) is -0.550. The number of carbonyl (C=O) groups is 1. The predicted octanol–water partition coefficient (Wildman–Crippen LogP) is 1.78. The van der Waals surface area contributed by atoms with Crippen LogP contribution in [0.5, 0.6) is 0 Å². The highest BCUT2D eigenvalue weighted by molar-refractivity contribution is 8.93. The quantitative estimate of drug-likeness (QED) is 0.791.